The summed E-state index contributed by atoms with van der Waals surface area (Å²) >= 11 is 7.47. The van der Waals surface area contributed by atoms with E-state index in [1.807, 2.05) is 0 Å². The molecule has 0 aromatic rings. The smallest absolute Gasteiger partial charge is 0.150 e. The third kappa shape index (κ3) is 0.722. The minimum Gasteiger partial charge on any atom is -0.298 e. The van der Waals surface area contributed by atoms with E-state index < -0.39 is 0 Å². The van der Waals surface area contributed by atoms with Crippen LogP contribution in [-0.2, 0) is 4.79 Å². The van der Waals surface area contributed by atoms with Crippen LogP contribution in [0.25, 0.3) is 0 Å². The van der Waals surface area contributed by atoms with Crippen molar-refractivity contribution < 1.29 is 4.79 Å². The number of Topliss-reactive ketones (excluding diaryl/α,β-unsaturated/α-hetero) is 1. The van der Waals surface area contributed by atoms with Crippen molar-refractivity contribution >= 4 is 37.6 Å². The van der Waals surface area contributed by atoms with Crippen molar-refractivity contribution in [2.75, 3.05) is 0 Å². The van der Waals surface area contributed by atoms with E-state index in [0.29, 0.717) is 22.4 Å². The lowest BCUT2D eigenvalue weighted by atomic mass is 9.80. The molecule has 0 aromatic carbocycles. The topological polar surface area (TPSA) is 17.1 Å². The van der Waals surface area contributed by atoms with Crippen LogP contribution in [0.5, 0.6) is 0 Å². The molecule has 4 fully saturated rings. The Morgan fingerprint density at radius 2 is 1.79 bits per heavy atom. The van der Waals surface area contributed by atoms with Gasteiger partial charge in [0.25, 0.3) is 0 Å². The minimum atomic E-state index is 0.192. The lowest BCUT2D eigenvalue weighted by Crippen LogP contribution is -2.26. The van der Waals surface area contributed by atoms with Gasteiger partial charge in [-0.1, -0.05) is 31.9 Å². The van der Waals surface area contributed by atoms with E-state index >= 15 is 0 Å². The molecule has 14 heavy (non-hydrogen) atoms. The van der Waals surface area contributed by atoms with Crippen LogP contribution in [0.4, 0.5) is 0 Å². The fourth-order valence-electron chi connectivity index (χ4n) is 5.09. The zero-order valence-electron chi connectivity index (χ0n) is 7.70. The van der Waals surface area contributed by atoms with Crippen molar-refractivity contribution in [2.24, 2.45) is 35.5 Å². The van der Waals surface area contributed by atoms with Crippen LogP contribution in [0.3, 0.4) is 0 Å². The second-order valence-electron chi connectivity index (χ2n) is 5.46. The second-order valence-corrected chi connectivity index (χ2v) is 7.63. The van der Waals surface area contributed by atoms with Crippen LogP contribution in [0.1, 0.15) is 12.8 Å². The fourth-order valence-corrected chi connectivity index (χ4v) is 7.31. The van der Waals surface area contributed by atoms with Gasteiger partial charge >= 0.3 is 0 Å². The normalized spacial score (nSPS) is 68.3. The van der Waals surface area contributed by atoms with Gasteiger partial charge in [-0.15, -0.1) is 0 Å². The van der Waals surface area contributed by atoms with Crippen LogP contribution in [0.15, 0.2) is 0 Å². The Morgan fingerprint density at radius 3 is 2.57 bits per heavy atom. The van der Waals surface area contributed by atoms with Crippen molar-refractivity contribution in [3.63, 3.8) is 0 Å². The maximum absolute atomic E-state index is 12.1. The molecule has 0 aliphatic heterocycles. The van der Waals surface area contributed by atoms with Crippen molar-refractivity contribution in [3.05, 3.63) is 0 Å². The molecule has 1 nitrogen and oxygen atoms in total. The number of fused-ring (bicyclic) bond motifs is 2. The molecule has 0 radical (unpaired) electrons. The first kappa shape index (κ1) is 8.74. The fraction of sp³-hybridized carbons (Fsp3) is 0.909. The van der Waals surface area contributed by atoms with Crippen molar-refractivity contribution in [1.82, 2.24) is 0 Å². The summed E-state index contributed by atoms with van der Waals surface area (Å²) in [5.74, 6) is 4.81. The first-order chi connectivity index (χ1) is 6.70. The summed E-state index contributed by atoms with van der Waals surface area (Å²) in [4.78, 5) is 13.0. The molecule has 4 aliphatic carbocycles. The van der Waals surface area contributed by atoms with E-state index in [1.54, 1.807) is 0 Å². The van der Waals surface area contributed by atoms with Gasteiger partial charge in [0, 0.05) is 10.7 Å². The lowest BCUT2D eigenvalue weighted by molar-refractivity contribution is -0.121. The van der Waals surface area contributed by atoms with Crippen LogP contribution < -0.4 is 0 Å². The number of carbonyl (C=O) groups excluding carboxylic acids is 1. The molecule has 0 amide bonds. The molecule has 0 saturated heterocycles. The Balaban J connectivity index is 1.89. The monoisotopic (exact) mass is 318 g/mol. The molecule has 8 atom stereocenters. The number of rotatable bonds is 0. The maximum atomic E-state index is 12.1. The van der Waals surface area contributed by atoms with Crippen molar-refractivity contribution in [1.29, 1.82) is 0 Å². The van der Waals surface area contributed by atoms with E-state index in [9.17, 15) is 4.79 Å². The molecule has 0 spiro atoms. The third-order valence-electron chi connectivity index (χ3n) is 5.30. The number of halogens is 2. The SMILES string of the molecule is O=C1C(Br)C2C3CC4C(CC(Br)C42)C13. The summed E-state index contributed by atoms with van der Waals surface area (Å²) in [5.41, 5.74) is 0. The first-order valence-corrected chi connectivity index (χ1v) is 7.35. The summed E-state index contributed by atoms with van der Waals surface area (Å²) < 4.78 is 0. The molecule has 76 valence electrons. The van der Waals surface area contributed by atoms with Gasteiger partial charge in [-0.25, -0.2) is 0 Å². The highest BCUT2D eigenvalue weighted by Gasteiger charge is 2.71. The van der Waals surface area contributed by atoms with Crippen LogP contribution in [0, 0.1) is 35.5 Å². The predicted octanol–water partition coefficient (Wildman–Crippen LogP) is 2.61. The summed E-state index contributed by atoms with van der Waals surface area (Å²) in [6.07, 6.45) is 2.61. The van der Waals surface area contributed by atoms with Gasteiger partial charge in [0.2, 0.25) is 0 Å². The number of hydrogen-bond acceptors (Lipinski definition) is 1. The summed E-state index contributed by atoms with van der Waals surface area (Å²) in [7, 11) is 0. The average molecular weight is 320 g/mol. The molecular formula is C11H12Br2O. The molecule has 3 heteroatoms. The molecule has 0 heterocycles. The Kier molecular flexibility index (Phi) is 1.55. The third-order valence-corrected chi connectivity index (χ3v) is 7.35. The second kappa shape index (κ2) is 2.48. The quantitative estimate of drug-likeness (QED) is 0.627. The van der Waals surface area contributed by atoms with Gasteiger partial charge in [-0.3, -0.25) is 4.79 Å². The number of hydrogen-bond donors (Lipinski definition) is 0. The zero-order chi connectivity index (χ0) is 9.61. The first-order valence-electron chi connectivity index (χ1n) is 5.52. The van der Waals surface area contributed by atoms with E-state index in [1.165, 1.54) is 12.8 Å². The molecule has 0 N–H and O–H groups in total. The van der Waals surface area contributed by atoms with Crippen molar-refractivity contribution in [2.45, 2.75) is 22.5 Å². The molecular weight excluding hydrogens is 308 g/mol. The van der Waals surface area contributed by atoms with Gasteiger partial charge in [0.1, 0.15) is 5.78 Å². The Labute approximate surface area is 100 Å². The molecule has 0 aromatic heterocycles. The van der Waals surface area contributed by atoms with Crippen molar-refractivity contribution in [3.8, 4) is 0 Å². The van der Waals surface area contributed by atoms with Gasteiger partial charge in [-0.05, 0) is 42.4 Å². The Bertz CT molecular complexity index is 327. The van der Waals surface area contributed by atoms with Gasteiger partial charge in [-0.2, -0.15) is 0 Å². The number of carbonyl (C=O) groups is 1. The largest absolute Gasteiger partial charge is 0.298 e. The van der Waals surface area contributed by atoms with Crippen LogP contribution >= 0.6 is 31.9 Å². The Hall–Kier alpha value is 0.630. The van der Waals surface area contributed by atoms with Crippen LogP contribution in [-0.4, -0.2) is 15.4 Å². The highest BCUT2D eigenvalue weighted by atomic mass is 79.9. The Morgan fingerprint density at radius 1 is 1.00 bits per heavy atom. The number of ketones is 1. The summed E-state index contributed by atoms with van der Waals surface area (Å²) in [6, 6.07) is 0. The zero-order valence-corrected chi connectivity index (χ0v) is 10.9. The van der Waals surface area contributed by atoms with Gasteiger partial charge in [0.05, 0.1) is 4.83 Å². The standard InChI is InChI=1S/C11H12Br2O/c12-6-2-4-3-1-5-7(4)11(14)10(13)9(5)8(3)6/h3-10H,1-2H2. The van der Waals surface area contributed by atoms with E-state index in [0.717, 1.165) is 23.7 Å². The predicted molar refractivity (Wildman–Crippen MR) is 60.6 cm³/mol. The molecule has 4 aliphatic rings. The van der Waals surface area contributed by atoms with E-state index in [4.69, 9.17) is 0 Å². The maximum Gasteiger partial charge on any atom is 0.150 e. The molecule has 8 unspecified atom stereocenters. The van der Waals surface area contributed by atoms with Gasteiger partial charge < -0.3 is 0 Å². The number of alkyl halides is 2. The average Bonchev–Trinajstić information content (AvgIpc) is 2.76. The molecule has 2 bridgehead atoms. The van der Waals surface area contributed by atoms with Crippen LogP contribution in [0.2, 0.25) is 0 Å². The highest BCUT2D eigenvalue weighted by molar-refractivity contribution is 9.10. The minimum absolute atomic E-state index is 0.192. The molecule has 4 rings (SSSR count). The molecule has 4 saturated carbocycles. The lowest BCUT2D eigenvalue weighted by Gasteiger charge is -2.26. The summed E-state index contributed by atoms with van der Waals surface area (Å²) in [5, 5.41) is 0. The van der Waals surface area contributed by atoms with Gasteiger partial charge in [0.15, 0.2) is 0 Å². The highest BCUT2D eigenvalue weighted by Crippen LogP contribution is 2.71. The van der Waals surface area contributed by atoms with E-state index in [2.05, 4.69) is 31.9 Å². The van der Waals surface area contributed by atoms with E-state index in [-0.39, 0.29) is 4.83 Å². The summed E-state index contributed by atoms with van der Waals surface area (Å²) in [6.45, 7) is 0.